The summed E-state index contributed by atoms with van der Waals surface area (Å²) in [6.07, 6.45) is 8.71. The van der Waals surface area contributed by atoms with Gasteiger partial charge in [-0.2, -0.15) is 0 Å². The number of aromatic hydroxyl groups is 1. The molecule has 0 saturated carbocycles. The minimum Gasteiger partial charge on any atom is -0.504 e. The van der Waals surface area contributed by atoms with Gasteiger partial charge in [0.25, 0.3) is 0 Å². The summed E-state index contributed by atoms with van der Waals surface area (Å²) in [5.41, 5.74) is 2.49. The van der Waals surface area contributed by atoms with Crippen LogP contribution in [-0.4, -0.2) is 38.6 Å². The van der Waals surface area contributed by atoms with Crippen LogP contribution >= 0.6 is 0 Å². The average Bonchev–Trinajstić information content (AvgIpc) is 3.56. The minimum atomic E-state index is -1.32. The summed E-state index contributed by atoms with van der Waals surface area (Å²) in [4.78, 5) is 20.3. The topological polar surface area (TPSA) is 122 Å². The summed E-state index contributed by atoms with van der Waals surface area (Å²) in [6, 6.07) is 12.9. The molecule has 0 spiro atoms. The predicted octanol–water partition coefficient (Wildman–Crippen LogP) is 5.27. The first-order valence-electron chi connectivity index (χ1n) is 10.9. The number of nitrogens with zero attached hydrogens (tertiary/aromatic N) is 3. The molecule has 3 N–H and O–H groups in total. The van der Waals surface area contributed by atoms with Gasteiger partial charge in [-0.1, -0.05) is 0 Å². The third-order valence-electron chi connectivity index (χ3n) is 5.56. The number of pyridine rings is 1. The second-order valence-electron chi connectivity index (χ2n) is 7.93. The molecule has 3 aromatic heterocycles. The lowest BCUT2D eigenvalue weighted by molar-refractivity contribution is 0.0695. The van der Waals surface area contributed by atoms with Crippen LogP contribution in [0.5, 0.6) is 11.5 Å². The number of hydrogen-bond donors (Lipinski definition) is 3. The number of anilines is 2. The Bertz CT molecular complexity index is 1450. The maximum Gasteiger partial charge on any atom is 0.345 e. The standard InChI is InChI=1S/C26H22N4O5/c1-16-13-18(34-12-11-30-9-2-3-10-30)6-7-20(16)29-25-22(26(32)33)23(31)21(35-25)14-17-15-28-24-19(17)5-4-8-27-24/h2-10,13-15,29,31H,11-12H2,1H3,(H,32,33). The Morgan fingerprint density at radius 1 is 1.23 bits per heavy atom. The van der Waals surface area contributed by atoms with Crippen molar-refractivity contribution < 1.29 is 24.2 Å². The van der Waals surface area contributed by atoms with Crippen LogP contribution in [0.3, 0.4) is 0 Å². The highest BCUT2D eigenvalue weighted by Gasteiger charge is 2.26. The number of hydrogen-bond acceptors (Lipinski definition) is 7. The van der Waals surface area contributed by atoms with Gasteiger partial charge in [-0.25, -0.2) is 14.8 Å². The number of aromatic carboxylic acids is 1. The highest BCUT2D eigenvalue weighted by Crippen LogP contribution is 2.39. The number of allylic oxidation sites excluding steroid dienone is 1. The number of aromatic nitrogens is 2. The van der Waals surface area contributed by atoms with E-state index >= 15 is 0 Å². The summed E-state index contributed by atoms with van der Waals surface area (Å²) in [5.74, 6) is -0.616. The summed E-state index contributed by atoms with van der Waals surface area (Å²) in [5, 5.41) is 23.3. The van der Waals surface area contributed by atoms with E-state index in [4.69, 9.17) is 9.15 Å². The maximum absolute atomic E-state index is 11.9. The molecule has 0 aliphatic carbocycles. The fraction of sp³-hybridized carbons (Fsp3) is 0.115. The number of fused-ring (bicyclic) bond motifs is 1. The van der Waals surface area contributed by atoms with Gasteiger partial charge < -0.3 is 29.3 Å². The largest absolute Gasteiger partial charge is 0.504 e. The number of benzene rings is 1. The van der Waals surface area contributed by atoms with Crippen molar-refractivity contribution in [1.82, 2.24) is 9.55 Å². The number of carboxylic acids is 1. The Morgan fingerprint density at radius 2 is 2.06 bits per heavy atom. The minimum absolute atomic E-state index is 0.00525. The van der Waals surface area contributed by atoms with Gasteiger partial charge in [0.05, 0.1) is 6.54 Å². The number of aliphatic imine (C=N–C) groups is 1. The molecule has 176 valence electrons. The molecule has 0 atom stereocenters. The Labute approximate surface area is 200 Å². The molecular formula is C26H22N4O5. The van der Waals surface area contributed by atoms with Crippen molar-refractivity contribution in [2.45, 2.75) is 13.5 Å². The fourth-order valence-corrected chi connectivity index (χ4v) is 3.78. The predicted molar refractivity (Wildman–Crippen MR) is 132 cm³/mol. The van der Waals surface area contributed by atoms with E-state index in [2.05, 4.69) is 15.3 Å². The zero-order valence-corrected chi connectivity index (χ0v) is 18.8. The third-order valence-corrected chi connectivity index (χ3v) is 5.56. The van der Waals surface area contributed by atoms with Crippen molar-refractivity contribution in [3.63, 3.8) is 0 Å². The van der Waals surface area contributed by atoms with Crippen LogP contribution in [0.2, 0.25) is 0 Å². The molecule has 1 aliphatic heterocycles. The molecule has 35 heavy (non-hydrogen) atoms. The molecule has 4 aromatic rings. The molecule has 0 saturated heterocycles. The van der Waals surface area contributed by atoms with Crippen LogP contribution in [0.15, 0.2) is 70.5 Å². The molecule has 0 unspecified atom stereocenters. The van der Waals surface area contributed by atoms with Crippen LogP contribution in [0.1, 0.15) is 27.2 Å². The molecule has 5 rings (SSSR count). The number of carboxylic acid groups (broad SMARTS) is 1. The van der Waals surface area contributed by atoms with Crippen LogP contribution in [-0.2, 0) is 6.54 Å². The van der Waals surface area contributed by atoms with Crippen molar-refractivity contribution in [3.05, 3.63) is 83.5 Å². The summed E-state index contributed by atoms with van der Waals surface area (Å²) >= 11 is 0. The van der Waals surface area contributed by atoms with Gasteiger partial charge in [-0.3, -0.25) is 0 Å². The SMILES string of the molecule is Cc1cc(OCCn2cccc2)ccc1Nc1oc(C=C2C=Nc3ncccc32)c(O)c1C(=O)O. The molecule has 9 nitrogen and oxygen atoms in total. The number of carbonyl (C=O) groups is 1. The molecular weight excluding hydrogens is 448 g/mol. The normalized spacial score (nSPS) is 13.2. The zero-order valence-electron chi connectivity index (χ0n) is 18.8. The van der Waals surface area contributed by atoms with Gasteiger partial charge >= 0.3 is 5.97 Å². The Kier molecular flexibility index (Phi) is 5.80. The summed E-state index contributed by atoms with van der Waals surface area (Å²) in [7, 11) is 0. The smallest absolute Gasteiger partial charge is 0.345 e. The highest BCUT2D eigenvalue weighted by molar-refractivity contribution is 6.21. The van der Waals surface area contributed by atoms with Gasteiger partial charge in [-0.05, 0) is 61.0 Å². The quantitative estimate of drug-likeness (QED) is 0.321. The molecule has 9 heteroatoms. The van der Waals surface area contributed by atoms with Gasteiger partial charge in [-0.15, -0.1) is 0 Å². The Morgan fingerprint density at radius 3 is 2.83 bits per heavy atom. The summed E-state index contributed by atoms with van der Waals surface area (Å²) < 4.78 is 13.6. The van der Waals surface area contributed by atoms with Gasteiger partial charge in [0.1, 0.15) is 12.4 Å². The number of aryl methyl sites for hydroxylation is 1. The third kappa shape index (κ3) is 4.51. The lowest BCUT2D eigenvalue weighted by atomic mass is 10.1. The summed E-state index contributed by atoms with van der Waals surface area (Å²) in [6.45, 7) is 3.10. The van der Waals surface area contributed by atoms with Crippen LogP contribution < -0.4 is 10.1 Å². The lowest BCUT2D eigenvalue weighted by Crippen LogP contribution is -2.06. The Balaban J connectivity index is 1.37. The first-order valence-corrected chi connectivity index (χ1v) is 10.9. The van der Waals surface area contributed by atoms with E-state index in [0.29, 0.717) is 29.4 Å². The van der Waals surface area contributed by atoms with Crippen LogP contribution in [0.25, 0.3) is 11.6 Å². The van der Waals surface area contributed by atoms with Crippen molar-refractivity contribution >= 4 is 41.2 Å². The molecule has 0 amide bonds. The van der Waals surface area contributed by atoms with Gasteiger partial charge in [0.2, 0.25) is 5.88 Å². The molecule has 0 radical (unpaired) electrons. The molecule has 0 bridgehead atoms. The van der Waals surface area contributed by atoms with E-state index in [1.807, 2.05) is 48.1 Å². The average molecular weight is 470 g/mol. The van der Waals surface area contributed by atoms with E-state index < -0.39 is 11.7 Å². The number of ether oxygens (including phenoxy) is 1. The molecule has 0 fully saturated rings. The second kappa shape index (κ2) is 9.22. The van der Waals surface area contributed by atoms with Crippen molar-refractivity contribution in [2.75, 3.05) is 11.9 Å². The number of rotatable bonds is 8. The van der Waals surface area contributed by atoms with E-state index in [1.165, 1.54) is 0 Å². The highest BCUT2D eigenvalue weighted by atomic mass is 16.5. The number of nitrogens with one attached hydrogen (secondary N) is 1. The van der Waals surface area contributed by atoms with Gasteiger partial charge in [0, 0.05) is 41.6 Å². The van der Waals surface area contributed by atoms with Crippen molar-refractivity contribution in [1.29, 1.82) is 0 Å². The maximum atomic E-state index is 11.9. The Hall–Kier alpha value is -4.79. The second-order valence-corrected chi connectivity index (χ2v) is 7.93. The first kappa shape index (κ1) is 22.0. The van der Waals surface area contributed by atoms with E-state index in [9.17, 15) is 15.0 Å². The van der Waals surface area contributed by atoms with Crippen molar-refractivity contribution in [2.24, 2.45) is 4.99 Å². The number of furan rings is 1. The lowest BCUT2D eigenvalue weighted by Gasteiger charge is -2.11. The molecule has 4 heterocycles. The van der Waals surface area contributed by atoms with Gasteiger partial charge in [0.15, 0.2) is 22.9 Å². The zero-order chi connectivity index (χ0) is 24.4. The van der Waals surface area contributed by atoms with E-state index in [0.717, 1.165) is 17.7 Å². The van der Waals surface area contributed by atoms with Crippen molar-refractivity contribution in [3.8, 4) is 11.5 Å². The molecule has 1 aliphatic rings. The van der Waals surface area contributed by atoms with E-state index in [-0.39, 0.29) is 17.2 Å². The van der Waals surface area contributed by atoms with Crippen LogP contribution in [0.4, 0.5) is 17.4 Å². The molecule has 1 aromatic carbocycles. The van der Waals surface area contributed by atoms with Crippen LogP contribution in [0, 0.1) is 6.92 Å². The van der Waals surface area contributed by atoms with E-state index in [1.54, 1.807) is 36.7 Å². The monoisotopic (exact) mass is 470 g/mol. The fourth-order valence-electron chi connectivity index (χ4n) is 3.78. The first-order chi connectivity index (χ1) is 17.0.